The van der Waals surface area contributed by atoms with E-state index in [1.807, 2.05) is 25.1 Å². The minimum atomic E-state index is -3.33. The van der Waals surface area contributed by atoms with Gasteiger partial charge >= 0.3 is 0 Å². The fourth-order valence-corrected chi connectivity index (χ4v) is 5.89. The molecule has 2 aliphatic rings. The molecule has 1 fully saturated rings. The average molecular weight is 443 g/mol. The third kappa shape index (κ3) is 4.50. The Bertz CT molecular complexity index is 1060. The lowest BCUT2D eigenvalue weighted by Gasteiger charge is -2.31. The highest BCUT2D eigenvalue weighted by Crippen LogP contribution is 2.36. The number of fused-ring (bicyclic) bond motifs is 1. The first-order valence-electron chi connectivity index (χ1n) is 11.1. The maximum Gasteiger partial charge on any atom is 0.228 e. The normalized spacial score (nSPS) is 19.6. The van der Waals surface area contributed by atoms with Crippen molar-refractivity contribution in [3.8, 4) is 0 Å². The molecule has 0 saturated carbocycles. The van der Waals surface area contributed by atoms with Crippen molar-refractivity contribution in [3.05, 3.63) is 53.0 Å². The third-order valence-electron chi connectivity index (χ3n) is 6.27. The number of hydrogen-bond acceptors (Lipinski definition) is 5. The Balaban J connectivity index is 1.61. The molecule has 7 nitrogen and oxygen atoms in total. The van der Waals surface area contributed by atoms with E-state index in [1.54, 1.807) is 16.1 Å². The minimum absolute atomic E-state index is 0.0670. The van der Waals surface area contributed by atoms with E-state index in [1.165, 1.54) is 5.56 Å². The van der Waals surface area contributed by atoms with E-state index < -0.39 is 10.0 Å². The number of amides is 1. The van der Waals surface area contributed by atoms with Gasteiger partial charge in [0.25, 0.3) is 0 Å². The van der Waals surface area contributed by atoms with Crippen molar-refractivity contribution in [2.24, 2.45) is 0 Å². The molecular formula is C23H30N4O3S. The maximum absolute atomic E-state index is 12.8. The quantitative estimate of drug-likeness (QED) is 0.658. The smallest absolute Gasteiger partial charge is 0.228 e. The molecule has 1 saturated heterocycles. The van der Waals surface area contributed by atoms with Crippen LogP contribution in [0.2, 0.25) is 0 Å². The molecule has 166 valence electrons. The summed E-state index contributed by atoms with van der Waals surface area (Å²) >= 11 is 0. The van der Waals surface area contributed by atoms with Gasteiger partial charge in [0.05, 0.1) is 11.8 Å². The Morgan fingerprint density at radius 2 is 1.90 bits per heavy atom. The van der Waals surface area contributed by atoms with Crippen molar-refractivity contribution < 1.29 is 13.2 Å². The number of hydrogen-bond donors (Lipinski definition) is 0. The second-order valence-corrected chi connectivity index (χ2v) is 10.5. The molecule has 3 heterocycles. The van der Waals surface area contributed by atoms with Crippen LogP contribution in [0.3, 0.4) is 0 Å². The molecule has 0 radical (unpaired) electrons. The second-order valence-electron chi connectivity index (χ2n) is 8.27. The van der Waals surface area contributed by atoms with Crippen LogP contribution in [0.15, 0.2) is 30.3 Å². The number of aryl methyl sites for hydroxylation is 2. The Kier molecular flexibility index (Phi) is 6.39. The lowest BCUT2D eigenvalue weighted by molar-refractivity contribution is -0.119. The van der Waals surface area contributed by atoms with Crippen LogP contribution >= 0.6 is 0 Å². The molecule has 0 unspecified atom stereocenters. The molecule has 1 aromatic heterocycles. The number of carbonyl (C=O) groups excluding carboxylic acids is 1. The topological polar surface area (TPSA) is 83.5 Å². The molecule has 0 aliphatic carbocycles. The van der Waals surface area contributed by atoms with Crippen LogP contribution in [0.1, 0.15) is 61.3 Å². The summed E-state index contributed by atoms with van der Waals surface area (Å²) in [6.07, 6.45) is 4.33. The second kappa shape index (κ2) is 9.04. The molecule has 0 bridgehead atoms. The molecule has 0 N–H and O–H groups in total. The van der Waals surface area contributed by atoms with Crippen LogP contribution in [-0.4, -0.2) is 47.4 Å². The molecule has 8 heteroatoms. The van der Waals surface area contributed by atoms with Gasteiger partial charge in [0.15, 0.2) is 0 Å². The van der Waals surface area contributed by atoms with Gasteiger partial charge in [-0.3, -0.25) is 9.69 Å². The van der Waals surface area contributed by atoms with Crippen LogP contribution in [0.25, 0.3) is 0 Å². The van der Waals surface area contributed by atoms with Gasteiger partial charge in [-0.1, -0.05) is 30.3 Å². The van der Waals surface area contributed by atoms with Crippen molar-refractivity contribution in [2.75, 3.05) is 23.7 Å². The highest BCUT2D eigenvalue weighted by atomic mass is 32.2. The van der Waals surface area contributed by atoms with Crippen molar-refractivity contribution in [3.63, 3.8) is 0 Å². The van der Waals surface area contributed by atoms with Crippen LogP contribution in [-0.2, 0) is 27.7 Å². The number of nitrogens with zero attached hydrogens (tertiary/aromatic N) is 4. The molecule has 1 aromatic carbocycles. The first kappa shape index (κ1) is 21.9. The molecule has 1 atom stereocenters. The van der Waals surface area contributed by atoms with Crippen molar-refractivity contribution in [2.45, 2.75) is 58.4 Å². The highest BCUT2D eigenvalue weighted by molar-refractivity contribution is 7.89. The highest BCUT2D eigenvalue weighted by Gasteiger charge is 2.37. The van der Waals surface area contributed by atoms with Crippen molar-refractivity contribution >= 4 is 21.7 Å². The lowest BCUT2D eigenvalue weighted by atomic mass is 10.0. The zero-order chi connectivity index (χ0) is 22.0. The first-order valence-corrected chi connectivity index (χ1v) is 12.7. The van der Waals surface area contributed by atoms with E-state index in [0.717, 1.165) is 30.5 Å². The van der Waals surface area contributed by atoms with E-state index in [0.29, 0.717) is 44.0 Å². The predicted octanol–water partition coefficient (Wildman–Crippen LogP) is 3.18. The van der Waals surface area contributed by atoms with Crippen molar-refractivity contribution in [1.82, 2.24) is 14.3 Å². The van der Waals surface area contributed by atoms with Gasteiger partial charge in [0.1, 0.15) is 11.6 Å². The summed E-state index contributed by atoms with van der Waals surface area (Å²) in [6.45, 7) is 4.70. The van der Waals surface area contributed by atoms with E-state index >= 15 is 0 Å². The van der Waals surface area contributed by atoms with Gasteiger partial charge in [-0.25, -0.2) is 18.4 Å². The van der Waals surface area contributed by atoms with Gasteiger partial charge in [0.2, 0.25) is 15.9 Å². The summed E-state index contributed by atoms with van der Waals surface area (Å²) in [7, 11) is -3.33. The molecule has 0 spiro atoms. The Labute approximate surface area is 184 Å². The molecule has 1 amide bonds. The number of sulfonamides is 1. The van der Waals surface area contributed by atoms with Crippen LogP contribution < -0.4 is 4.90 Å². The van der Waals surface area contributed by atoms with E-state index in [9.17, 15) is 13.2 Å². The summed E-state index contributed by atoms with van der Waals surface area (Å²) in [5, 5.41) is 0. The summed E-state index contributed by atoms with van der Waals surface area (Å²) in [5.41, 5.74) is 3.10. The average Bonchev–Trinajstić information content (AvgIpc) is 3.27. The summed E-state index contributed by atoms with van der Waals surface area (Å²) in [4.78, 5) is 24.1. The zero-order valence-electron chi connectivity index (χ0n) is 18.2. The summed E-state index contributed by atoms with van der Waals surface area (Å²) < 4.78 is 26.7. The third-order valence-corrected chi connectivity index (χ3v) is 8.15. The largest absolute Gasteiger partial charge is 0.296 e. The van der Waals surface area contributed by atoms with Crippen LogP contribution in [0.5, 0.6) is 0 Å². The van der Waals surface area contributed by atoms with E-state index in [-0.39, 0.29) is 17.7 Å². The Hall–Kier alpha value is -2.32. The molecule has 31 heavy (non-hydrogen) atoms. The first-order chi connectivity index (χ1) is 14.9. The Morgan fingerprint density at radius 1 is 1.13 bits per heavy atom. The van der Waals surface area contributed by atoms with Crippen LogP contribution in [0, 0.1) is 6.92 Å². The summed E-state index contributed by atoms with van der Waals surface area (Å²) in [6, 6.07) is 9.89. The fraction of sp³-hybridized carbons (Fsp3) is 0.522. The summed E-state index contributed by atoms with van der Waals surface area (Å²) in [5.74, 6) is 1.34. The predicted molar refractivity (Wildman–Crippen MR) is 120 cm³/mol. The van der Waals surface area contributed by atoms with Gasteiger partial charge < -0.3 is 0 Å². The zero-order valence-corrected chi connectivity index (χ0v) is 19.1. The molecular weight excluding hydrogens is 412 g/mol. The standard InChI is InChI=1S/C23H30N4O3S/c1-3-31(29,30)27-16-8-12-20(27)22-24-17(2)19-13-14-21(28)26(23(19)25-22)15-7-11-18-9-5-4-6-10-18/h4-6,9-10,20H,3,7-8,11-16H2,1-2H3/t20-/m0/s1. The van der Waals surface area contributed by atoms with Gasteiger partial charge in [-0.2, -0.15) is 4.31 Å². The fourth-order valence-electron chi connectivity index (χ4n) is 4.57. The molecule has 2 aliphatic heterocycles. The minimum Gasteiger partial charge on any atom is -0.296 e. The van der Waals surface area contributed by atoms with Crippen LogP contribution in [0.4, 0.5) is 5.82 Å². The number of carbonyl (C=O) groups is 1. The molecule has 2 aromatic rings. The van der Waals surface area contributed by atoms with Gasteiger partial charge in [0, 0.05) is 30.8 Å². The number of benzene rings is 1. The monoisotopic (exact) mass is 442 g/mol. The molecule has 4 rings (SSSR count). The number of anilines is 1. The van der Waals surface area contributed by atoms with Gasteiger partial charge in [-0.05, 0) is 51.5 Å². The number of aromatic nitrogens is 2. The lowest BCUT2D eigenvalue weighted by Crippen LogP contribution is -2.38. The van der Waals surface area contributed by atoms with E-state index in [2.05, 4.69) is 12.1 Å². The maximum atomic E-state index is 12.8. The van der Waals surface area contributed by atoms with Crippen molar-refractivity contribution in [1.29, 1.82) is 0 Å². The van der Waals surface area contributed by atoms with Gasteiger partial charge in [-0.15, -0.1) is 0 Å². The Morgan fingerprint density at radius 3 is 2.65 bits per heavy atom. The SMILES string of the molecule is CCS(=O)(=O)N1CCC[C@H]1c1nc(C)c2c(n1)N(CCCc1ccccc1)C(=O)CC2. The number of rotatable bonds is 7. The van der Waals surface area contributed by atoms with E-state index in [4.69, 9.17) is 9.97 Å².